The lowest BCUT2D eigenvalue weighted by Gasteiger charge is -2.23. The summed E-state index contributed by atoms with van der Waals surface area (Å²) in [5.74, 6) is -0.795. The van der Waals surface area contributed by atoms with Crippen LogP contribution in [0.4, 0.5) is 4.79 Å². The highest BCUT2D eigenvalue weighted by molar-refractivity contribution is 5.87. The van der Waals surface area contributed by atoms with Crippen molar-refractivity contribution < 1.29 is 19.1 Å². The second kappa shape index (κ2) is 12.2. The van der Waals surface area contributed by atoms with Crippen LogP contribution in [-0.4, -0.2) is 56.5 Å². The third-order valence-corrected chi connectivity index (χ3v) is 4.14. The summed E-state index contributed by atoms with van der Waals surface area (Å²) in [6, 6.07) is 18.6. The average Bonchev–Trinajstić information content (AvgIpc) is 2.75. The number of rotatable bonds is 10. The molecule has 0 aromatic heterocycles. The molecule has 2 aromatic rings. The van der Waals surface area contributed by atoms with Crippen LogP contribution in [0, 0.1) is 0 Å². The topological polar surface area (TPSA) is 99.8 Å². The highest BCUT2D eigenvalue weighted by Crippen LogP contribution is 2.13. The minimum atomic E-state index is -0.700. The highest BCUT2D eigenvalue weighted by atomic mass is 16.5. The molecule has 1 atom stereocenters. The molecule has 0 aliphatic carbocycles. The number of nitrogens with zero attached hydrogens (tertiary/aromatic N) is 1. The van der Waals surface area contributed by atoms with Gasteiger partial charge in [0.05, 0.1) is 12.6 Å². The molecule has 3 amide bonds. The quantitative estimate of drug-likeness (QED) is 0.549. The molecule has 1 unspecified atom stereocenters. The molecular weight excluding hydrogens is 384 g/mol. The molecule has 2 aromatic carbocycles. The van der Waals surface area contributed by atoms with E-state index >= 15 is 0 Å². The van der Waals surface area contributed by atoms with Gasteiger partial charge in [-0.05, 0) is 25.2 Å². The second-order valence-corrected chi connectivity index (χ2v) is 6.99. The summed E-state index contributed by atoms with van der Waals surface area (Å²) < 4.78 is 5.03. The van der Waals surface area contributed by atoms with Crippen molar-refractivity contribution in [2.45, 2.75) is 12.6 Å². The van der Waals surface area contributed by atoms with Crippen molar-refractivity contribution in [1.29, 1.82) is 0 Å². The molecule has 0 saturated heterocycles. The van der Waals surface area contributed by atoms with Crippen LogP contribution in [0.25, 0.3) is 0 Å². The minimum absolute atomic E-state index is 0.115. The van der Waals surface area contributed by atoms with Crippen molar-refractivity contribution in [1.82, 2.24) is 20.9 Å². The van der Waals surface area contributed by atoms with Crippen LogP contribution in [0.15, 0.2) is 60.7 Å². The van der Waals surface area contributed by atoms with Gasteiger partial charge in [-0.1, -0.05) is 60.7 Å². The number of ether oxygens (including phenoxy) is 1. The summed E-state index contributed by atoms with van der Waals surface area (Å²) >= 11 is 0. The van der Waals surface area contributed by atoms with Gasteiger partial charge in [-0.3, -0.25) is 9.59 Å². The third kappa shape index (κ3) is 8.74. The van der Waals surface area contributed by atoms with Crippen molar-refractivity contribution in [3.8, 4) is 0 Å². The van der Waals surface area contributed by atoms with Crippen LogP contribution in [-0.2, 0) is 20.9 Å². The Kier molecular flexibility index (Phi) is 9.33. The first-order valence-corrected chi connectivity index (χ1v) is 9.64. The van der Waals surface area contributed by atoms with E-state index in [0.29, 0.717) is 6.54 Å². The van der Waals surface area contributed by atoms with Gasteiger partial charge in [-0.25, -0.2) is 4.79 Å². The summed E-state index contributed by atoms with van der Waals surface area (Å²) in [6.07, 6.45) is -0.700. The Morgan fingerprint density at radius 1 is 0.867 bits per heavy atom. The zero-order valence-electron chi connectivity index (χ0n) is 17.3. The van der Waals surface area contributed by atoms with Gasteiger partial charge in [0.1, 0.15) is 13.2 Å². The van der Waals surface area contributed by atoms with Crippen LogP contribution in [0.2, 0.25) is 0 Å². The average molecular weight is 412 g/mol. The van der Waals surface area contributed by atoms with E-state index in [1.165, 1.54) is 0 Å². The first-order chi connectivity index (χ1) is 14.4. The molecule has 2 rings (SSSR count). The number of nitrogens with one attached hydrogen (secondary N) is 3. The van der Waals surface area contributed by atoms with E-state index in [0.717, 1.165) is 11.1 Å². The first-order valence-electron chi connectivity index (χ1n) is 9.64. The Morgan fingerprint density at radius 3 is 2.10 bits per heavy atom. The molecule has 0 fully saturated rings. The fourth-order valence-electron chi connectivity index (χ4n) is 2.70. The van der Waals surface area contributed by atoms with Gasteiger partial charge in [0, 0.05) is 6.54 Å². The molecule has 30 heavy (non-hydrogen) atoms. The summed E-state index contributed by atoms with van der Waals surface area (Å²) in [5, 5.41) is 7.76. The Morgan fingerprint density at radius 2 is 1.47 bits per heavy atom. The van der Waals surface area contributed by atoms with Gasteiger partial charge in [-0.15, -0.1) is 0 Å². The Balaban J connectivity index is 1.70. The molecule has 0 heterocycles. The molecule has 0 bridgehead atoms. The number of carbonyl (C=O) groups excluding carboxylic acids is 3. The molecular formula is C22H28N4O4. The zero-order valence-corrected chi connectivity index (χ0v) is 17.3. The molecule has 160 valence electrons. The van der Waals surface area contributed by atoms with Crippen molar-refractivity contribution in [2.24, 2.45) is 0 Å². The third-order valence-electron chi connectivity index (χ3n) is 4.14. The fraction of sp³-hybridized carbons (Fsp3) is 0.318. The molecule has 8 heteroatoms. The number of likely N-dealkylation sites (N-methyl/N-ethyl adjacent to an activating group) is 1. The zero-order chi connectivity index (χ0) is 21.8. The van der Waals surface area contributed by atoms with Crippen molar-refractivity contribution >= 4 is 17.9 Å². The van der Waals surface area contributed by atoms with E-state index in [1.54, 1.807) is 0 Å². The van der Waals surface area contributed by atoms with Gasteiger partial charge < -0.3 is 25.6 Å². The normalized spacial score (nSPS) is 11.4. The molecule has 0 saturated carbocycles. The number of hydrogen-bond donors (Lipinski definition) is 3. The summed E-state index contributed by atoms with van der Waals surface area (Å²) in [5.41, 5.74) is 1.83. The standard InChI is InChI=1S/C22H28N4O4/c1-26(2)15-19(18-11-7-4-8-12-18)25-21(28)14-23-20(27)13-24-22(29)30-16-17-9-5-3-6-10-17/h3-12,19H,13-16H2,1-2H3,(H,23,27)(H,24,29)(H,25,28). The van der Waals surface area contributed by atoms with Gasteiger partial charge in [0.25, 0.3) is 0 Å². The SMILES string of the molecule is CN(C)CC(NC(=O)CNC(=O)CNC(=O)OCc1ccccc1)c1ccccc1. The predicted molar refractivity (Wildman–Crippen MR) is 114 cm³/mol. The minimum Gasteiger partial charge on any atom is -0.445 e. The number of amides is 3. The number of alkyl carbamates (subject to hydrolysis) is 1. The van der Waals surface area contributed by atoms with Gasteiger partial charge >= 0.3 is 6.09 Å². The molecule has 0 aliphatic heterocycles. The highest BCUT2D eigenvalue weighted by Gasteiger charge is 2.16. The van der Waals surface area contributed by atoms with E-state index in [4.69, 9.17) is 4.74 Å². The maximum Gasteiger partial charge on any atom is 0.407 e. The maximum absolute atomic E-state index is 12.3. The van der Waals surface area contributed by atoms with Crippen molar-refractivity contribution in [3.63, 3.8) is 0 Å². The Bertz CT molecular complexity index is 812. The van der Waals surface area contributed by atoms with Crippen LogP contribution in [0.3, 0.4) is 0 Å². The first kappa shape index (κ1) is 22.9. The van der Waals surface area contributed by atoms with Crippen LogP contribution in [0.5, 0.6) is 0 Å². The summed E-state index contributed by atoms with van der Waals surface area (Å²) in [4.78, 5) is 37.8. The smallest absolute Gasteiger partial charge is 0.407 e. The van der Waals surface area contributed by atoms with E-state index in [-0.39, 0.29) is 31.6 Å². The lowest BCUT2D eigenvalue weighted by molar-refractivity contribution is -0.126. The number of carbonyl (C=O) groups is 3. The molecule has 0 spiro atoms. The lowest BCUT2D eigenvalue weighted by Crippen LogP contribution is -2.44. The molecule has 0 aliphatic rings. The van der Waals surface area contributed by atoms with Gasteiger partial charge in [-0.2, -0.15) is 0 Å². The fourth-order valence-corrected chi connectivity index (χ4v) is 2.70. The van der Waals surface area contributed by atoms with E-state index in [2.05, 4.69) is 16.0 Å². The van der Waals surface area contributed by atoms with Crippen LogP contribution in [0.1, 0.15) is 17.2 Å². The van der Waals surface area contributed by atoms with Crippen LogP contribution < -0.4 is 16.0 Å². The van der Waals surface area contributed by atoms with E-state index in [9.17, 15) is 14.4 Å². The predicted octanol–water partition coefficient (Wildman–Crippen LogP) is 1.45. The maximum atomic E-state index is 12.3. The molecule has 3 N–H and O–H groups in total. The number of benzene rings is 2. The van der Waals surface area contributed by atoms with Crippen LogP contribution >= 0.6 is 0 Å². The van der Waals surface area contributed by atoms with Gasteiger partial charge in [0.2, 0.25) is 11.8 Å². The Hall–Kier alpha value is -3.39. The monoisotopic (exact) mass is 412 g/mol. The molecule has 8 nitrogen and oxygen atoms in total. The van der Waals surface area contributed by atoms with Crippen molar-refractivity contribution in [2.75, 3.05) is 33.7 Å². The summed E-state index contributed by atoms with van der Waals surface area (Å²) in [7, 11) is 3.85. The van der Waals surface area contributed by atoms with Gasteiger partial charge in [0.15, 0.2) is 0 Å². The Labute approximate surface area is 176 Å². The lowest BCUT2D eigenvalue weighted by atomic mass is 10.1. The second-order valence-electron chi connectivity index (χ2n) is 6.99. The molecule has 0 radical (unpaired) electrons. The van der Waals surface area contributed by atoms with E-state index < -0.39 is 12.0 Å². The van der Waals surface area contributed by atoms with E-state index in [1.807, 2.05) is 79.7 Å². The number of hydrogen-bond acceptors (Lipinski definition) is 5. The largest absolute Gasteiger partial charge is 0.445 e. The summed E-state index contributed by atoms with van der Waals surface area (Å²) in [6.45, 7) is 0.277. The van der Waals surface area contributed by atoms with Crippen molar-refractivity contribution in [3.05, 3.63) is 71.8 Å².